The molecule has 0 saturated heterocycles. The molecule has 66 heavy (non-hydrogen) atoms. The van der Waals surface area contributed by atoms with Gasteiger partial charge in [0.15, 0.2) is 0 Å². The van der Waals surface area contributed by atoms with Crippen molar-refractivity contribution in [1.29, 1.82) is 0 Å². The van der Waals surface area contributed by atoms with Gasteiger partial charge in [0.2, 0.25) is 5.91 Å². The van der Waals surface area contributed by atoms with Crippen LogP contribution >= 0.6 is 7.82 Å². The Labute approximate surface area is 407 Å². The zero-order chi connectivity index (χ0) is 48.5. The standard InChI is InChI=1S/C57H101N2O6P/c1-6-8-10-11-12-13-14-15-16-17-18-19-20-21-22-23-24-25-26-27-28-29-30-31-32-33-34-35-36-37-38-39-40-41-42-43-44-45-46-47-49-51-57(61)58-55(56(60)50-48-9-7-2)54-65-66(62,63)64-53-52-59(3,4)5/h8,10,12-13,15-16,18-19,21-22,24-25,27-28,30-31,55-56,60H,6-7,9,11,14,17,20,23,26,29,32-54H2,1-5H3,(H-,58,61,62,63)/b10-8-,13-12-,16-15-,19-18-,22-21-,25-24-,28-27-,31-30-. The van der Waals surface area contributed by atoms with Gasteiger partial charge in [-0.3, -0.25) is 9.36 Å². The largest absolute Gasteiger partial charge is 0.756 e. The summed E-state index contributed by atoms with van der Waals surface area (Å²) in [6, 6.07) is -0.799. The molecule has 3 unspecified atom stereocenters. The lowest BCUT2D eigenvalue weighted by Crippen LogP contribution is -2.46. The van der Waals surface area contributed by atoms with Crippen molar-refractivity contribution in [2.45, 2.75) is 219 Å². The van der Waals surface area contributed by atoms with Crippen LogP contribution in [0.25, 0.3) is 0 Å². The van der Waals surface area contributed by atoms with E-state index >= 15 is 0 Å². The maximum Gasteiger partial charge on any atom is 0.268 e. The molecule has 0 radical (unpaired) electrons. The monoisotopic (exact) mass is 941 g/mol. The van der Waals surface area contributed by atoms with Crippen molar-refractivity contribution in [2.24, 2.45) is 0 Å². The van der Waals surface area contributed by atoms with Crippen LogP contribution in [0, 0.1) is 0 Å². The molecule has 0 bridgehead atoms. The molecule has 8 nitrogen and oxygen atoms in total. The number of quaternary nitrogens is 1. The zero-order valence-electron chi connectivity index (χ0n) is 43.1. The van der Waals surface area contributed by atoms with Crippen LogP contribution in [0.3, 0.4) is 0 Å². The summed E-state index contributed by atoms with van der Waals surface area (Å²) in [6.45, 7) is 4.42. The smallest absolute Gasteiger partial charge is 0.268 e. The molecule has 0 spiro atoms. The van der Waals surface area contributed by atoms with Gasteiger partial charge in [-0.2, -0.15) is 0 Å². The van der Waals surface area contributed by atoms with Crippen molar-refractivity contribution in [1.82, 2.24) is 5.32 Å². The Kier molecular flexibility index (Phi) is 45.6. The number of aliphatic hydroxyl groups is 1. The number of phosphoric ester groups is 1. The van der Waals surface area contributed by atoms with E-state index in [1.54, 1.807) is 0 Å². The highest BCUT2D eigenvalue weighted by atomic mass is 31.2. The van der Waals surface area contributed by atoms with E-state index in [0.717, 1.165) is 89.9 Å². The van der Waals surface area contributed by atoms with Crippen LogP contribution in [0.5, 0.6) is 0 Å². The molecule has 0 aliphatic heterocycles. The fourth-order valence-corrected chi connectivity index (χ4v) is 7.90. The predicted molar refractivity (Wildman–Crippen MR) is 283 cm³/mol. The second kappa shape index (κ2) is 47.5. The van der Waals surface area contributed by atoms with Gasteiger partial charge in [0.05, 0.1) is 39.9 Å². The highest BCUT2D eigenvalue weighted by Crippen LogP contribution is 2.38. The number of aliphatic hydroxyl groups excluding tert-OH is 1. The third kappa shape index (κ3) is 49.3. The van der Waals surface area contributed by atoms with E-state index in [1.165, 1.54) is 89.9 Å². The van der Waals surface area contributed by atoms with E-state index in [4.69, 9.17) is 9.05 Å². The molecule has 0 aliphatic carbocycles. The number of nitrogens with zero attached hydrogens (tertiary/aromatic N) is 1. The van der Waals surface area contributed by atoms with Crippen LogP contribution in [0.15, 0.2) is 97.2 Å². The van der Waals surface area contributed by atoms with Crippen LogP contribution in [0.1, 0.15) is 206 Å². The highest BCUT2D eigenvalue weighted by molar-refractivity contribution is 7.45. The molecule has 0 saturated carbocycles. The molecule has 380 valence electrons. The van der Waals surface area contributed by atoms with E-state index in [1.807, 2.05) is 21.1 Å². The number of amides is 1. The number of hydrogen-bond donors (Lipinski definition) is 2. The van der Waals surface area contributed by atoms with Gasteiger partial charge in [0, 0.05) is 6.42 Å². The quantitative estimate of drug-likeness (QED) is 0.0272. The first-order valence-corrected chi connectivity index (χ1v) is 28.0. The van der Waals surface area contributed by atoms with Crippen molar-refractivity contribution >= 4 is 13.7 Å². The summed E-state index contributed by atoms with van der Waals surface area (Å²) in [7, 11) is 1.29. The first-order chi connectivity index (χ1) is 32.0. The van der Waals surface area contributed by atoms with Gasteiger partial charge in [0.25, 0.3) is 7.82 Å². The first-order valence-electron chi connectivity index (χ1n) is 26.6. The minimum absolute atomic E-state index is 0.00791. The number of hydrogen-bond acceptors (Lipinski definition) is 6. The summed E-state index contributed by atoms with van der Waals surface area (Å²) in [5.74, 6) is -0.180. The Hall–Kier alpha value is -2.58. The topological polar surface area (TPSA) is 108 Å². The average Bonchev–Trinajstić information content (AvgIpc) is 3.27. The van der Waals surface area contributed by atoms with Gasteiger partial charge in [0.1, 0.15) is 13.2 Å². The third-order valence-electron chi connectivity index (χ3n) is 11.3. The molecular weight excluding hydrogens is 840 g/mol. The van der Waals surface area contributed by atoms with Gasteiger partial charge in [-0.25, -0.2) is 0 Å². The van der Waals surface area contributed by atoms with Gasteiger partial charge >= 0.3 is 0 Å². The average molecular weight is 941 g/mol. The summed E-state index contributed by atoms with van der Waals surface area (Å²) in [5.41, 5.74) is 0. The number of allylic oxidation sites excluding steroid dienone is 16. The zero-order valence-corrected chi connectivity index (χ0v) is 44.0. The van der Waals surface area contributed by atoms with Crippen LogP contribution in [-0.4, -0.2) is 68.5 Å². The Morgan fingerprint density at radius 1 is 0.545 bits per heavy atom. The lowest BCUT2D eigenvalue weighted by atomic mass is 10.0. The molecule has 0 heterocycles. The van der Waals surface area contributed by atoms with Crippen molar-refractivity contribution in [3.8, 4) is 0 Å². The summed E-state index contributed by atoms with van der Waals surface area (Å²) >= 11 is 0. The molecule has 0 aromatic heterocycles. The molecule has 0 aromatic carbocycles. The van der Waals surface area contributed by atoms with E-state index in [2.05, 4.69) is 116 Å². The summed E-state index contributed by atoms with van der Waals surface area (Å²) in [6.07, 6.45) is 68.3. The molecule has 3 atom stereocenters. The molecule has 0 aliphatic rings. The SMILES string of the molecule is CC/C=C\C/C=C\C/C=C\C/C=C\C/C=C\C/C=C\C/C=C\C/C=C\CCCCCCCCCCCCCCCCCCC(=O)NC(COP(=O)([O-])OCC[N+](C)(C)C)C(O)CCCCC. The van der Waals surface area contributed by atoms with Gasteiger partial charge in [-0.05, 0) is 77.0 Å². The minimum Gasteiger partial charge on any atom is -0.756 e. The third-order valence-corrected chi connectivity index (χ3v) is 12.3. The molecule has 1 amide bonds. The van der Waals surface area contributed by atoms with Crippen LogP contribution in [0.2, 0.25) is 0 Å². The van der Waals surface area contributed by atoms with E-state index in [0.29, 0.717) is 23.9 Å². The van der Waals surface area contributed by atoms with Crippen molar-refractivity contribution in [3.63, 3.8) is 0 Å². The van der Waals surface area contributed by atoms with Crippen LogP contribution < -0.4 is 10.2 Å². The van der Waals surface area contributed by atoms with Gasteiger partial charge in [-0.1, -0.05) is 220 Å². The minimum atomic E-state index is -4.55. The highest BCUT2D eigenvalue weighted by Gasteiger charge is 2.24. The number of carbonyl (C=O) groups excluding carboxylic acids is 1. The van der Waals surface area contributed by atoms with E-state index < -0.39 is 20.0 Å². The molecule has 0 rings (SSSR count). The number of unbranched alkanes of at least 4 members (excludes halogenated alkanes) is 18. The Morgan fingerprint density at radius 3 is 1.32 bits per heavy atom. The maximum atomic E-state index is 12.7. The summed E-state index contributed by atoms with van der Waals surface area (Å²) < 4.78 is 23.0. The fourth-order valence-electron chi connectivity index (χ4n) is 7.17. The maximum absolute atomic E-state index is 12.7. The fraction of sp³-hybridized carbons (Fsp3) is 0.702. The first kappa shape index (κ1) is 63.4. The normalized spacial score (nSPS) is 14.8. The summed E-state index contributed by atoms with van der Waals surface area (Å²) in [4.78, 5) is 25.0. The molecular formula is C57H101N2O6P. The Bertz CT molecular complexity index is 1390. The lowest BCUT2D eigenvalue weighted by Gasteiger charge is -2.30. The molecule has 0 fully saturated rings. The van der Waals surface area contributed by atoms with Gasteiger partial charge < -0.3 is 28.8 Å². The van der Waals surface area contributed by atoms with Crippen LogP contribution in [-0.2, 0) is 18.4 Å². The molecule has 0 aromatic rings. The van der Waals surface area contributed by atoms with Crippen molar-refractivity contribution < 1.29 is 32.9 Å². The Balaban J connectivity index is 3.73. The molecule has 2 N–H and O–H groups in total. The van der Waals surface area contributed by atoms with E-state index in [9.17, 15) is 19.4 Å². The van der Waals surface area contributed by atoms with Crippen LogP contribution in [0.4, 0.5) is 0 Å². The number of carbonyl (C=O) groups is 1. The predicted octanol–water partition coefficient (Wildman–Crippen LogP) is 15.2. The van der Waals surface area contributed by atoms with Gasteiger partial charge in [-0.15, -0.1) is 0 Å². The second-order valence-electron chi connectivity index (χ2n) is 18.9. The Morgan fingerprint density at radius 2 is 0.924 bits per heavy atom. The number of likely N-dealkylation sites (N-methyl/N-ethyl adjacent to an activating group) is 1. The number of phosphoric acid groups is 1. The number of nitrogens with one attached hydrogen (secondary N) is 1. The summed E-state index contributed by atoms with van der Waals surface area (Å²) in [5, 5.41) is 13.6. The van der Waals surface area contributed by atoms with Crippen molar-refractivity contribution in [2.75, 3.05) is 40.9 Å². The molecule has 9 heteroatoms. The second-order valence-corrected chi connectivity index (χ2v) is 20.3. The van der Waals surface area contributed by atoms with E-state index in [-0.39, 0.29) is 19.1 Å². The number of rotatable bonds is 47. The van der Waals surface area contributed by atoms with Crippen molar-refractivity contribution in [3.05, 3.63) is 97.2 Å². The lowest BCUT2D eigenvalue weighted by molar-refractivity contribution is -0.870.